The van der Waals surface area contributed by atoms with Crippen LogP contribution in [0.2, 0.25) is 0 Å². The van der Waals surface area contributed by atoms with E-state index >= 15 is 0 Å². The summed E-state index contributed by atoms with van der Waals surface area (Å²) in [5.74, 6) is 0.539. The number of rotatable bonds is 8. The van der Waals surface area contributed by atoms with Gasteiger partial charge in [-0.15, -0.1) is 0 Å². The van der Waals surface area contributed by atoms with Crippen LogP contribution in [-0.2, 0) is 15.6 Å². The smallest absolute Gasteiger partial charge is 0.214 e. The molecule has 0 bridgehead atoms. The molecule has 1 aliphatic carbocycles. The van der Waals surface area contributed by atoms with E-state index in [1.807, 2.05) is 61.5 Å². The van der Waals surface area contributed by atoms with Gasteiger partial charge in [0.2, 0.25) is 10.0 Å². The van der Waals surface area contributed by atoms with Crippen molar-refractivity contribution in [2.45, 2.75) is 63.3 Å². The van der Waals surface area contributed by atoms with Crippen LogP contribution in [0, 0.1) is 5.92 Å². The van der Waals surface area contributed by atoms with Crippen LogP contribution < -0.4 is 10.0 Å². The zero-order valence-electron chi connectivity index (χ0n) is 18.1. The maximum atomic E-state index is 12.0. The molecule has 2 aromatic carbocycles. The standard InChI is InChI=1S/C24H34N2O3S/c1-18(2)30(28,29)26-23-13-9-19(10-14-23)17-25-22-15-11-21(12-16-22)24(3,27)20-7-5-4-6-8-20/h4-8,11-12,15-16,18-19,23,25-27H,9-10,13-14,17H2,1-3H3. The molecule has 3 rings (SSSR count). The molecule has 164 valence electrons. The molecule has 1 aliphatic rings. The van der Waals surface area contributed by atoms with Crippen molar-refractivity contribution in [3.63, 3.8) is 0 Å². The van der Waals surface area contributed by atoms with Crippen LogP contribution in [0.5, 0.6) is 0 Å². The van der Waals surface area contributed by atoms with E-state index in [4.69, 9.17) is 0 Å². The minimum absolute atomic E-state index is 0.0631. The number of aliphatic hydroxyl groups is 1. The zero-order valence-corrected chi connectivity index (χ0v) is 19.0. The summed E-state index contributed by atoms with van der Waals surface area (Å²) in [6.45, 7) is 6.11. The van der Waals surface area contributed by atoms with Gasteiger partial charge in [0.15, 0.2) is 0 Å². The van der Waals surface area contributed by atoms with Crippen LogP contribution in [0.15, 0.2) is 54.6 Å². The van der Waals surface area contributed by atoms with Gasteiger partial charge in [0.1, 0.15) is 5.60 Å². The van der Waals surface area contributed by atoms with Crippen molar-refractivity contribution >= 4 is 15.7 Å². The molecule has 0 spiro atoms. The van der Waals surface area contributed by atoms with E-state index in [-0.39, 0.29) is 11.3 Å². The Bertz CT molecular complexity index is 901. The highest BCUT2D eigenvalue weighted by Gasteiger charge is 2.27. The molecule has 0 saturated heterocycles. The van der Waals surface area contributed by atoms with Gasteiger partial charge in [-0.2, -0.15) is 0 Å². The summed E-state index contributed by atoms with van der Waals surface area (Å²) >= 11 is 0. The summed E-state index contributed by atoms with van der Waals surface area (Å²) < 4.78 is 26.9. The van der Waals surface area contributed by atoms with Crippen LogP contribution in [0.4, 0.5) is 5.69 Å². The van der Waals surface area contributed by atoms with E-state index < -0.39 is 15.6 Å². The van der Waals surface area contributed by atoms with Gasteiger partial charge in [0.05, 0.1) is 5.25 Å². The maximum absolute atomic E-state index is 12.0. The molecule has 1 atom stereocenters. The minimum Gasteiger partial charge on any atom is -0.385 e. The fourth-order valence-corrected chi connectivity index (χ4v) is 4.93. The van der Waals surface area contributed by atoms with E-state index in [9.17, 15) is 13.5 Å². The van der Waals surface area contributed by atoms with Gasteiger partial charge in [-0.05, 0) is 75.6 Å². The van der Waals surface area contributed by atoms with E-state index in [0.29, 0.717) is 5.92 Å². The number of anilines is 1. The Morgan fingerprint density at radius 1 is 0.967 bits per heavy atom. The molecule has 30 heavy (non-hydrogen) atoms. The van der Waals surface area contributed by atoms with Crippen LogP contribution in [0.3, 0.4) is 0 Å². The number of nitrogens with one attached hydrogen (secondary N) is 2. The van der Waals surface area contributed by atoms with Gasteiger partial charge >= 0.3 is 0 Å². The van der Waals surface area contributed by atoms with Gasteiger partial charge < -0.3 is 10.4 Å². The lowest BCUT2D eigenvalue weighted by Gasteiger charge is -2.30. The summed E-state index contributed by atoms with van der Waals surface area (Å²) in [5.41, 5.74) is 1.74. The molecular formula is C24H34N2O3S. The van der Waals surface area contributed by atoms with E-state index in [1.165, 1.54) is 0 Å². The molecule has 6 heteroatoms. The van der Waals surface area contributed by atoms with Crippen LogP contribution in [-0.4, -0.2) is 31.4 Å². The van der Waals surface area contributed by atoms with Crippen LogP contribution in [0.1, 0.15) is 57.6 Å². The number of sulfonamides is 1. The molecule has 5 nitrogen and oxygen atoms in total. The fourth-order valence-electron chi connectivity index (χ4n) is 3.96. The van der Waals surface area contributed by atoms with Crippen molar-refractivity contribution in [2.75, 3.05) is 11.9 Å². The third-order valence-electron chi connectivity index (χ3n) is 6.18. The molecule has 2 aromatic rings. The molecule has 1 unspecified atom stereocenters. The molecular weight excluding hydrogens is 396 g/mol. The average Bonchev–Trinajstić information content (AvgIpc) is 2.74. The van der Waals surface area contributed by atoms with Gasteiger partial charge in [0, 0.05) is 18.3 Å². The Morgan fingerprint density at radius 3 is 2.10 bits per heavy atom. The van der Waals surface area contributed by atoms with Crippen molar-refractivity contribution in [3.8, 4) is 0 Å². The highest BCUT2D eigenvalue weighted by atomic mass is 32.2. The van der Waals surface area contributed by atoms with Gasteiger partial charge in [-0.3, -0.25) is 0 Å². The molecule has 0 heterocycles. The van der Waals surface area contributed by atoms with Crippen molar-refractivity contribution in [3.05, 3.63) is 65.7 Å². The van der Waals surface area contributed by atoms with Gasteiger partial charge in [-0.1, -0.05) is 42.5 Å². The first kappa shape index (κ1) is 22.8. The number of benzene rings is 2. The molecule has 0 aliphatic heterocycles. The fraction of sp³-hybridized carbons (Fsp3) is 0.500. The lowest BCUT2D eigenvalue weighted by molar-refractivity contribution is 0.102. The van der Waals surface area contributed by atoms with Crippen molar-refractivity contribution in [2.24, 2.45) is 5.92 Å². The third-order valence-corrected chi connectivity index (χ3v) is 8.08. The van der Waals surface area contributed by atoms with E-state index in [2.05, 4.69) is 10.0 Å². The summed E-state index contributed by atoms with van der Waals surface area (Å²) in [6.07, 6.45) is 3.80. The topological polar surface area (TPSA) is 78.4 Å². The second kappa shape index (κ2) is 9.50. The normalized spacial score (nSPS) is 21.9. The summed E-state index contributed by atoms with van der Waals surface area (Å²) in [6, 6.07) is 17.7. The summed E-state index contributed by atoms with van der Waals surface area (Å²) in [4.78, 5) is 0. The predicted octanol–water partition coefficient (Wildman–Crippen LogP) is 4.24. The SMILES string of the molecule is CC(C)S(=O)(=O)NC1CCC(CNc2ccc(C(C)(O)c3ccccc3)cc2)CC1. The lowest BCUT2D eigenvalue weighted by Crippen LogP contribution is -2.41. The second-order valence-corrected chi connectivity index (χ2v) is 11.1. The first-order chi connectivity index (χ1) is 14.2. The highest BCUT2D eigenvalue weighted by molar-refractivity contribution is 7.90. The van der Waals surface area contributed by atoms with Crippen molar-refractivity contribution < 1.29 is 13.5 Å². The van der Waals surface area contributed by atoms with Crippen LogP contribution >= 0.6 is 0 Å². The molecule has 3 N–H and O–H groups in total. The van der Waals surface area contributed by atoms with E-state index in [1.54, 1.807) is 13.8 Å². The molecule has 1 fully saturated rings. The highest BCUT2D eigenvalue weighted by Crippen LogP contribution is 2.30. The monoisotopic (exact) mass is 430 g/mol. The van der Waals surface area contributed by atoms with Crippen molar-refractivity contribution in [1.82, 2.24) is 4.72 Å². The Morgan fingerprint density at radius 2 is 1.53 bits per heavy atom. The Kier molecular flexibility index (Phi) is 7.22. The Hall–Kier alpha value is -1.89. The quantitative estimate of drug-likeness (QED) is 0.585. The van der Waals surface area contributed by atoms with E-state index in [0.717, 1.165) is 49.0 Å². The lowest BCUT2D eigenvalue weighted by atomic mass is 9.86. The van der Waals surface area contributed by atoms with Crippen molar-refractivity contribution in [1.29, 1.82) is 0 Å². The maximum Gasteiger partial charge on any atom is 0.214 e. The van der Waals surface area contributed by atoms with Crippen LogP contribution in [0.25, 0.3) is 0 Å². The molecule has 0 aromatic heterocycles. The average molecular weight is 431 g/mol. The first-order valence-corrected chi connectivity index (χ1v) is 12.4. The van der Waals surface area contributed by atoms with Gasteiger partial charge in [-0.25, -0.2) is 13.1 Å². The molecule has 0 amide bonds. The summed E-state index contributed by atoms with van der Waals surface area (Å²) in [5, 5.41) is 14.1. The number of hydrogen-bond donors (Lipinski definition) is 3. The largest absolute Gasteiger partial charge is 0.385 e. The predicted molar refractivity (Wildman–Crippen MR) is 123 cm³/mol. The Balaban J connectivity index is 1.49. The molecule has 1 saturated carbocycles. The first-order valence-electron chi connectivity index (χ1n) is 10.8. The zero-order chi connectivity index (χ0) is 21.8. The third kappa shape index (κ3) is 5.62. The number of hydrogen-bond acceptors (Lipinski definition) is 4. The molecule has 0 radical (unpaired) electrons. The minimum atomic E-state index is -3.19. The Labute approximate surface area is 181 Å². The second-order valence-electron chi connectivity index (χ2n) is 8.83. The van der Waals surface area contributed by atoms with Gasteiger partial charge in [0.25, 0.3) is 0 Å². The summed E-state index contributed by atoms with van der Waals surface area (Å²) in [7, 11) is -3.19.